The molecule has 2 fully saturated rings. The highest BCUT2D eigenvalue weighted by Crippen LogP contribution is 2.27. The fraction of sp³-hybridized carbons (Fsp3) is 1.00. The molecule has 2 heterocycles. The Morgan fingerprint density at radius 3 is 2.15 bits per heavy atom. The van der Waals surface area contributed by atoms with Gasteiger partial charge in [0.05, 0.1) is 18.3 Å². The molecule has 8 heteroatoms. The van der Waals surface area contributed by atoms with E-state index in [4.69, 9.17) is 14.2 Å². The van der Waals surface area contributed by atoms with Gasteiger partial charge in [-0.25, -0.2) is 0 Å². The van der Waals surface area contributed by atoms with E-state index >= 15 is 0 Å². The quantitative estimate of drug-likeness (QED) is 0.384. The van der Waals surface area contributed by atoms with Crippen LogP contribution in [0.25, 0.3) is 0 Å². The molecule has 2 rings (SSSR count). The van der Waals surface area contributed by atoms with E-state index in [9.17, 15) is 25.5 Å². The molecule has 2 aliphatic heterocycles. The topological polar surface area (TPSA) is 129 Å². The van der Waals surface area contributed by atoms with Crippen molar-refractivity contribution in [2.24, 2.45) is 0 Å². The van der Waals surface area contributed by atoms with Crippen molar-refractivity contribution in [3.05, 3.63) is 0 Å². The molecule has 5 N–H and O–H groups in total. The standard InChI is InChI=1S/C12H22O8/c1-4-6(13)3-7(14)12(19-4)20-10-8(15)5(2)18-11(17)9(10)16/h4-17H,3H2,1-2H3/t4-,5+,6-,7-,8+,9-,10-,11-,12-/m1/s1. The van der Waals surface area contributed by atoms with Crippen LogP contribution in [0, 0.1) is 0 Å². The average molecular weight is 294 g/mol. The Balaban J connectivity index is 2.03. The van der Waals surface area contributed by atoms with Crippen molar-refractivity contribution in [2.75, 3.05) is 0 Å². The second kappa shape index (κ2) is 6.20. The summed E-state index contributed by atoms with van der Waals surface area (Å²) in [5.74, 6) is 0. The van der Waals surface area contributed by atoms with Crippen LogP contribution in [-0.4, -0.2) is 80.8 Å². The zero-order valence-electron chi connectivity index (χ0n) is 11.4. The number of rotatable bonds is 2. The Hall–Kier alpha value is -0.320. The van der Waals surface area contributed by atoms with Crippen LogP contribution in [0.3, 0.4) is 0 Å². The minimum Gasteiger partial charge on any atom is -0.390 e. The molecule has 0 aliphatic carbocycles. The molecule has 118 valence electrons. The average Bonchev–Trinajstić information content (AvgIpc) is 2.38. The van der Waals surface area contributed by atoms with Crippen LogP contribution in [0.1, 0.15) is 20.3 Å². The normalized spacial score (nSPS) is 53.9. The van der Waals surface area contributed by atoms with Gasteiger partial charge in [0.25, 0.3) is 0 Å². The van der Waals surface area contributed by atoms with E-state index in [0.29, 0.717) is 0 Å². The molecule has 0 unspecified atom stereocenters. The summed E-state index contributed by atoms with van der Waals surface area (Å²) in [6.45, 7) is 3.15. The lowest BCUT2D eigenvalue weighted by Gasteiger charge is -2.43. The Kier molecular flexibility index (Phi) is 4.98. The fourth-order valence-corrected chi connectivity index (χ4v) is 2.39. The molecule has 0 spiro atoms. The third-order valence-electron chi connectivity index (χ3n) is 3.78. The molecule has 9 atom stereocenters. The SMILES string of the molecule is C[C@@H]1O[C@@H](O)[C@H](O)[C@H](O[C@H]2O[C@H](C)[C@H](O)C[C@H]2O)[C@H]1O. The lowest BCUT2D eigenvalue weighted by Crippen LogP contribution is -2.60. The summed E-state index contributed by atoms with van der Waals surface area (Å²) in [4.78, 5) is 0. The minimum absolute atomic E-state index is 0.0688. The van der Waals surface area contributed by atoms with Gasteiger partial charge in [-0.3, -0.25) is 0 Å². The van der Waals surface area contributed by atoms with Gasteiger partial charge in [0.1, 0.15) is 24.4 Å². The number of aliphatic hydroxyl groups is 5. The lowest BCUT2D eigenvalue weighted by atomic mass is 9.99. The van der Waals surface area contributed by atoms with Gasteiger partial charge in [-0.1, -0.05) is 0 Å². The largest absolute Gasteiger partial charge is 0.390 e. The summed E-state index contributed by atoms with van der Waals surface area (Å²) < 4.78 is 15.6. The van der Waals surface area contributed by atoms with Crippen molar-refractivity contribution in [1.29, 1.82) is 0 Å². The molecule has 2 saturated heterocycles. The maximum absolute atomic E-state index is 9.95. The highest BCUT2D eigenvalue weighted by Gasteiger charge is 2.46. The minimum atomic E-state index is -1.48. The number of aliphatic hydroxyl groups excluding tert-OH is 5. The zero-order chi connectivity index (χ0) is 15.0. The van der Waals surface area contributed by atoms with Crippen molar-refractivity contribution in [2.45, 2.75) is 75.6 Å². The molecule has 0 radical (unpaired) electrons. The number of ether oxygens (including phenoxy) is 3. The molecule has 0 aromatic heterocycles. The predicted octanol–water partition coefficient (Wildman–Crippen LogP) is -2.31. The highest BCUT2D eigenvalue weighted by molar-refractivity contribution is 4.89. The van der Waals surface area contributed by atoms with E-state index in [1.54, 1.807) is 6.92 Å². The second-order valence-corrected chi connectivity index (χ2v) is 5.39. The number of hydrogen-bond donors (Lipinski definition) is 5. The molecule has 0 saturated carbocycles. The van der Waals surface area contributed by atoms with E-state index in [1.165, 1.54) is 6.92 Å². The Bertz CT molecular complexity index is 313. The first-order valence-corrected chi connectivity index (χ1v) is 6.68. The monoisotopic (exact) mass is 294 g/mol. The van der Waals surface area contributed by atoms with E-state index < -0.39 is 55.3 Å². The third-order valence-corrected chi connectivity index (χ3v) is 3.78. The molecule has 0 amide bonds. The van der Waals surface area contributed by atoms with Crippen LogP contribution >= 0.6 is 0 Å². The van der Waals surface area contributed by atoms with Gasteiger partial charge in [-0.05, 0) is 13.8 Å². The number of hydrogen-bond acceptors (Lipinski definition) is 8. The third kappa shape index (κ3) is 3.12. The first kappa shape index (κ1) is 16.1. The second-order valence-electron chi connectivity index (χ2n) is 5.39. The van der Waals surface area contributed by atoms with Crippen LogP contribution < -0.4 is 0 Å². The highest BCUT2D eigenvalue weighted by atomic mass is 16.7. The van der Waals surface area contributed by atoms with Gasteiger partial charge in [-0.15, -0.1) is 0 Å². The van der Waals surface area contributed by atoms with Crippen molar-refractivity contribution < 1.29 is 39.7 Å². The summed E-state index contributed by atoms with van der Waals surface area (Å²) in [5, 5.41) is 48.7. The molecular weight excluding hydrogens is 272 g/mol. The van der Waals surface area contributed by atoms with E-state index in [1.807, 2.05) is 0 Å². The molecule has 0 bridgehead atoms. The van der Waals surface area contributed by atoms with Crippen LogP contribution in [0.4, 0.5) is 0 Å². The first-order valence-electron chi connectivity index (χ1n) is 6.68. The maximum Gasteiger partial charge on any atom is 0.184 e. The molecular formula is C12H22O8. The Morgan fingerprint density at radius 1 is 0.850 bits per heavy atom. The molecule has 8 nitrogen and oxygen atoms in total. The van der Waals surface area contributed by atoms with Crippen molar-refractivity contribution in [1.82, 2.24) is 0 Å². The maximum atomic E-state index is 9.95. The smallest absolute Gasteiger partial charge is 0.184 e. The van der Waals surface area contributed by atoms with E-state index in [-0.39, 0.29) is 6.42 Å². The van der Waals surface area contributed by atoms with Crippen LogP contribution in [-0.2, 0) is 14.2 Å². The van der Waals surface area contributed by atoms with Crippen molar-refractivity contribution in [3.8, 4) is 0 Å². The molecule has 0 aromatic carbocycles. The summed E-state index contributed by atoms with van der Waals surface area (Å²) in [5.41, 5.74) is 0. The van der Waals surface area contributed by atoms with Gasteiger partial charge in [0.15, 0.2) is 12.6 Å². The van der Waals surface area contributed by atoms with Gasteiger partial charge < -0.3 is 39.7 Å². The Labute approximate surface area is 116 Å². The van der Waals surface area contributed by atoms with Crippen LogP contribution in [0.15, 0.2) is 0 Å². The van der Waals surface area contributed by atoms with E-state index in [0.717, 1.165) is 0 Å². The summed E-state index contributed by atoms with van der Waals surface area (Å²) >= 11 is 0. The van der Waals surface area contributed by atoms with Crippen molar-refractivity contribution in [3.63, 3.8) is 0 Å². The van der Waals surface area contributed by atoms with Gasteiger partial charge >= 0.3 is 0 Å². The van der Waals surface area contributed by atoms with Crippen LogP contribution in [0.2, 0.25) is 0 Å². The first-order chi connectivity index (χ1) is 9.31. The fourth-order valence-electron chi connectivity index (χ4n) is 2.39. The van der Waals surface area contributed by atoms with Crippen molar-refractivity contribution >= 4 is 0 Å². The molecule has 20 heavy (non-hydrogen) atoms. The molecule has 2 aliphatic rings. The summed E-state index contributed by atoms with van der Waals surface area (Å²) in [6.07, 6.45) is -9.47. The van der Waals surface area contributed by atoms with Crippen LogP contribution in [0.5, 0.6) is 0 Å². The lowest BCUT2D eigenvalue weighted by molar-refractivity contribution is -0.338. The summed E-state index contributed by atoms with van der Waals surface area (Å²) in [6, 6.07) is 0. The molecule has 0 aromatic rings. The Morgan fingerprint density at radius 2 is 1.50 bits per heavy atom. The zero-order valence-corrected chi connectivity index (χ0v) is 11.4. The predicted molar refractivity (Wildman–Crippen MR) is 64.4 cm³/mol. The van der Waals surface area contributed by atoms with E-state index in [2.05, 4.69) is 0 Å². The van der Waals surface area contributed by atoms with Gasteiger partial charge in [0.2, 0.25) is 0 Å². The van der Waals surface area contributed by atoms with Gasteiger partial charge in [-0.2, -0.15) is 0 Å². The van der Waals surface area contributed by atoms with Gasteiger partial charge in [0, 0.05) is 6.42 Å². The summed E-state index contributed by atoms with van der Waals surface area (Å²) in [7, 11) is 0.